The number of primary amides is 1. The number of nitrogen functional groups attached to an aromatic ring is 1. The van der Waals surface area contributed by atoms with E-state index in [-0.39, 0.29) is 0 Å². The van der Waals surface area contributed by atoms with Gasteiger partial charge in [-0.15, -0.1) is 0 Å². The van der Waals surface area contributed by atoms with Gasteiger partial charge in [-0.3, -0.25) is 4.79 Å². The summed E-state index contributed by atoms with van der Waals surface area (Å²) < 4.78 is 0. The summed E-state index contributed by atoms with van der Waals surface area (Å²) in [7, 11) is 2.05. The molecule has 1 aromatic rings. The molecule has 1 aliphatic rings. The fraction of sp³-hybridized carbons (Fsp3) is 0.533. The van der Waals surface area contributed by atoms with Gasteiger partial charge in [0.1, 0.15) is 0 Å². The molecular weight excluding hydrogens is 238 g/mol. The van der Waals surface area contributed by atoms with Crippen molar-refractivity contribution in [3.05, 3.63) is 23.8 Å². The van der Waals surface area contributed by atoms with Crippen LogP contribution in [0, 0.1) is 5.92 Å². The lowest BCUT2D eigenvalue weighted by atomic mass is 9.84. The Morgan fingerprint density at radius 1 is 1.32 bits per heavy atom. The van der Waals surface area contributed by atoms with Crippen molar-refractivity contribution in [1.82, 2.24) is 0 Å². The number of hydrogen-bond acceptors (Lipinski definition) is 3. The van der Waals surface area contributed by atoms with Gasteiger partial charge >= 0.3 is 0 Å². The van der Waals surface area contributed by atoms with Crippen molar-refractivity contribution >= 4 is 17.3 Å². The number of nitrogens with zero attached hydrogens (tertiary/aromatic N) is 1. The fourth-order valence-electron chi connectivity index (χ4n) is 3.11. The average molecular weight is 261 g/mol. The van der Waals surface area contributed by atoms with Crippen LogP contribution < -0.4 is 16.4 Å². The van der Waals surface area contributed by atoms with Crippen molar-refractivity contribution in [2.75, 3.05) is 17.7 Å². The minimum atomic E-state index is -0.419. The van der Waals surface area contributed by atoms with E-state index in [1.165, 1.54) is 25.7 Å². The molecule has 0 radical (unpaired) electrons. The van der Waals surface area contributed by atoms with Gasteiger partial charge in [0.25, 0.3) is 5.91 Å². The van der Waals surface area contributed by atoms with Crippen LogP contribution in [0.1, 0.15) is 43.0 Å². The molecule has 1 fully saturated rings. The first-order valence-electron chi connectivity index (χ1n) is 6.93. The Bertz CT molecular complexity index is 472. The second-order valence-electron chi connectivity index (χ2n) is 5.58. The van der Waals surface area contributed by atoms with Crippen LogP contribution in [0.2, 0.25) is 0 Å². The quantitative estimate of drug-likeness (QED) is 0.820. The highest BCUT2D eigenvalue weighted by molar-refractivity contribution is 5.99. The minimum Gasteiger partial charge on any atom is -0.399 e. The van der Waals surface area contributed by atoms with Gasteiger partial charge in [-0.1, -0.05) is 19.8 Å². The molecule has 104 valence electrons. The van der Waals surface area contributed by atoms with Gasteiger partial charge < -0.3 is 16.4 Å². The predicted octanol–water partition coefficient (Wildman–Crippen LogP) is 2.38. The van der Waals surface area contributed by atoms with E-state index in [2.05, 4.69) is 11.8 Å². The van der Waals surface area contributed by atoms with Crippen LogP contribution in [0.15, 0.2) is 18.2 Å². The highest BCUT2D eigenvalue weighted by Crippen LogP contribution is 2.32. The van der Waals surface area contributed by atoms with Gasteiger partial charge in [0, 0.05) is 24.5 Å². The second-order valence-corrected chi connectivity index (χ2v) is 5.58. The van der Waals surface area contributed by atoms with Crippen LogP contribution in [-0.4, -0.2) is 19.0 Å². The Hall–Kier alpha value is -1.71. The number of anilines is 2. The highest BCUT2D eigenvalue weighted by atomic mass is 16.1. The molecule has 0 spiro atoms. The SMILES string of the molecule is CC1CCCCC1N(C)c1ccc(N)cc1C(N)=O. The Labute approximate surface area is 114 Å². The van der Waals surface area contributed by atoms with Gasteiger partial charge in [0.15, 0.2) is 0 Å². The number of carbonyl (C=O) groups is 1. The largest absolute Gasteiger partial charge is 0.399 e. The van der Waals surface area contributed by atoms with Gasteiger partial charge in [-0.05, 0) is 37.0 Å². The molecule has 1 amide bonds. The summed E-state index contributed by atoms with van der Waals surface area (Å²) in [6, 6.07) is 5.86. The molecule has 2 atom stereocenters. The van der Waals surface area contributed by atoms with E-state index in [1.807, 2.05) is 19.2 Å². The van der Waals surface area contributed by atoms with Crippen molar-refractivity contribution in [1.29, 1.82) is 0 Å². The van der Waals surface area contributed by atoms with Gasteiger partial charge in [-0.25, -0.2) is 0 Å². The molecule has 2 rings (SSSR count). The van der Waals surface area contributed by atoms with Crippen LogP contribution in [0.5, 0.6) is 0 Å². The van der Waals surface area contributed by atoms with Crippen LogP contribution in [0.25, 0.3) is 0 Å². The first-order chi connectivity index (χ1) is 9.00. The molecule has 0 aromatic heterocycles. The van der Waals surface area contributed by atoms with Crippen molar-refractivity contribution in [3.63, 3.8) is 0 Å². The third-order valence-electron chi connectivity index (χ3n) is 4.23. The number of hydrogen-bond donors (Lipinski definition) is 2. The molecule has 2 unspecified atom stereocenters. The van der Waals surface area contributed by atoms with E-state index in [1.54, 1.807) is 6.07 Å². The fourth-order valence-corrected chi connectivity index (χ4v) is 3.11. The van der Waals surface area contributed by atoms with Crippen molar-refractivity contribution < 1.29 is 4.79 Å². The van der Waals surface area contributed by atoms with E-state index in [0.29, 0.717) is 23.2 Å². The molecule has 0 saturated heterocycles. The summed E-state index contributed by atoms with van der Waals surface area (Å²) in [5, 5.41) is 0. The zero-order valence-electron chi connectivity index (χ0n) is 11.7. The summed E-state index contributed by atoms with van der Waals surface area (Å²) in [5.74, 6) is 0.217. The predicted molar refractivity (Wildman–Crippen MR) is 79.2 cm³/mol. The van der Waals surface area contributed by atoms with Gasteiger partial charge in [-0.2, -0.15) is 0 Å². The zero-order valence-corrected chi connectivity index (χ0v) is 11.7. The summed E-state index contributed by atoms with van der Waals surface area (Å²) >= 11 is 0. The van der Waals surface area contributed by atoms with Crippen LogP contribution in [0.4, 0.5) is 11.4 Å². The number of nitrogens with two attached hydrogens (primary N) is 2. The van der Waals surface area contributed by atoms with Crippen LogP contribution in [0.3, 0.4) is 0 Å². The number of benzene rings is 1. The Kier molecular flexibility index (Phi) is 3.98. The van der Waals surface area contributed by atoms with E-state index >= 15 is 0 Å². The first kappa shape index (κ1) is 13.7. The summed E-state index contributed by atoms with van der Waals surface area (Å²) in [5.41, 5.74) is 13.2. The second kappa shape index (κ2) is 5.51. The smallest absolute Gasteiger partial charge is 0.250 e. The van der Waals surface area contributed by atoms with Crippen molar-refractivity contribution in [2.24, 2.45) is 11.7 Å². The molecule has 1 aliphatic carbocycles. The van der Waals surface area contributed by atoms with E-state index in [4.69, 9.17) is 11.5 Å². The highest BCUT2D eigenvalue weighted by Gasteiger charge is 2.27. The van der Waals surface area contributed by atoms with Crippen molar-refractivity contribution in [3.8, 4) is 0 Å². The number of amides is 1. The Morgan fingerprint density at radius 3 is 2.63 bits per heavy atom. The molecular formula is C15H23N3O. The lowest BCUT2D eigenvalue weighted by Crippen LogP contribution is -2.40. The number of carbonyl (C=O) groups excluding carboxylic acids is 1. The van der Waals surface area contributed by atoms with E-state index in [0.717, 1.165) is 5.69 Å². The summed E-state index contributed by atoms with van der Waals surface area (Å²) in [6.45, 7) is 2.28. The Balaban J connectivity index is 2.32. The average Bonchev–Trinajstić information content (AvgIpc) is 2.38. The third-order valence-corrected chi connectivity index (χ3v) is 4.23. The third kappa shape index (κ3) is 2.83. The molecule has 19 heavy (non-hydrogen) atoms. The molecule has 0 bridgehead atoms. The molecule has 4 N–H and O–H groups in total. The zero-order chi connectivity index (χ0) is 14.0. The summed E-state index contributed by atoms with van der Waals surface area (Å²) in [4.78, 5) is 13.8. The molecule has 4 heteroatoms. The minimum absolute atomic E-state index is 0.419. The Morgan fingerprint density at radius 2 is 2.00 bits per heavy atom. The molecule has 1 saturated carbocycles. The normalized spacial score (nSPS) is 23.1. The maximum atomic E-state index is 11.6. The summed E-state index contributed by atoms with van der Waals surface area (Å²) in [6.07, 6.45) is 4.96. The lowest BCUT2D eigenvalue weighted by Gasteiger charge is -2.38. The van der Waals surface area contributed by atoms with E-state index < -0.39 is 5.91 Å². The monoisotopic (exact) mass is 261 g/mol. The van der Waals surface area contributed by atoms with Crippen LogP contribution in [-0.2, 0) is 0 Å². The first-order valence-corrected chi connectivity index (χ1v) is 6.93. The number of rotatable bonds is 3. The molecule has 0 aliphatic heterocycles. The lowest BCUT2D eigenvalue weighted by molar-refractivity contribution is 0.100. The van der Waals surface area contributed by atoms with Gasteiger partial charge in [0.2, 0.25) is 0 Å². The maximum Gasteiger partial charge on any atom is 0.250 e. The molecule has 1 aromatic carbocycles. The molecule has 4 nitrogen and oxygen atoms in total. The van der Waals surface area contributed by atoms with Gasteiger partial charge in [0.05, 0.1) is 5.56 Å². The van der Waals surface area contributed by atoms with Crippen molar-refractivity contribution in [2.45, 2.75) is 38.6 Å². The molecule has 0 heterocycles. The van der Waals surface area contributed by atoms with E-state index in [9.17, 15) is 4.79 Å². The maximum absolute atomic E-state index is 11.6. The topological polar surface area (TPSA) is 72.3 Å². The van der Waals surface area contributed by atoms with Crippen LogP contribution >= 0.6 is 0 Å². The standard InChI is InChI=1S/C15H23N3O/c1-10-5-3-4-6-13(10)18(2)14-8-7-11(16)9-12(14)15(17)19/h7-10,13H,3-6,16H2,1-2H3,(H2,17,19).